The van der Waals surface area contributed by atoms with Crippen molar-refractivity contribution in [2.24, 2.45) is 0 Å². The molecule has 25 heavy (non-hydrogen) atoms. The highest BCUT2D eigenvalue weighted by atomic mass is 16.6. The topological polar surface area (TPSA) is 72.2 Å². The molecule has 0 saturated heterocycles. The molecule has 5 heteroatoms. The summed E-state index contributed by atoms with van der Waals surface area (Å²) in [7, 11) is 0. The molecule has 0 aliphatic rings. The number of non-ortho nitro benzene ring substituents is 1. The highest BCUT2D eigenvalue weighted by Gasteiger charge is 2.04. The van der Waals surface area contributed by atoms with Gasteiger partial charge in [-0.2, -0.15) is 0 Å². The molecule has 5 nitrogen and oxygen atoms in total. The number of benzene rings is 3. The average molecular weight is 332 g/mol. The first-order valence-corrected chi connectivity index (χ1v) is 7.80. The van der Waals surface area contributed by atoms with Gasteiger partial charge in [0, 0.05) is 24.8 Å². The van der Waals surface area contributed by atoms with Crippen molar-refractivity contribution in [3.05, 3.63) is 94.0 Å². The molecule has 3 aromatic rings. The van der Waals surface area contributed by atoms with Gasteiger partial charge in [0.05, 0.1) is 4.92 Å². The van der Waals surface area contributed by atoms with Gasteiger partial charge in [-0.3, -0.25) is 14.9 Å². The molecule has 124 valence electrons. The predicted octanol–water partition coefficient (Wildman–Crippen LogP) is 4.08. The molecule has 0 fully saturated rings. The van der Waals surface area contributed by atoms with Crippen LogP contribution in [0.3, 0.4) is 0 Å². The third-order valence-electron chi connectivity index (χ3n) is 3.86. The van der Waals surface area contributed by atoms with E-state index >= 15 is 0 Å². The van der Waals surface area contributed by atoms with Crippen molar-refractivity contribution in [3.8, 4) is 0 Å². The molecule has 1 amide bonds. The molecule has 0 aromatic heterocycles. The zero-order valence-corrected chi connectivity index (χ0v) is 13.4. The average Bonchev–Trinajstić information content (AvgIpc) is 2.65. The maximum atomic E-state index is 12.0. The highest BCUT2D eigenvalue weighted by molar-refractivity contribution is 5.92. The van der Waals surface area contributed by atoms with Crippen molar-refractivity contribution < 1.29 is 9.72 Å². The van der Waals surface area contributed by atoms with E-state index in [1.807, 2.05) is 42.5 Å². The van der Waals surface area contributed by atoms with Gasteiger partial charge in [-0.1, -0.05) is 42.5 Å². The fourth-order valence-corrected chi connectivity index (χ4v) is 2.57. The standard InChI is InChI=1S/C20H16N2O3/c23-20(13-10-15-8-11-18(12-9-15)22(24)25)21-14-17-6-3-5-16-4-1-2-7-19(16)17/h1-13H,14H2,(H,21,23)/b13-10+. The molecule has 0 aliphatic heterocycles. The Kier molecular flexibility index (Phi) is 4.85. The summed E-state index contributed by atoms with van der Waals surface area (Å²) >= 11 is 0. The smallest absolute Gasteiger partial charge is 0.269 e. The Morgan fingerprint density at radius 3 is 2.48 bits per heavy atom. The maximum Gasteiger partial charge on any atom is 0.269 e. The van der Waals surface area contributed by atoms with E-state index in [1.54, 1.807) is 18.2 Å². The van der Waals surface area contributed by atoms with E-state index in [1.165, 1.54) is 18.2 Å². The van der Waals surface area contributed by atoms with Gasteiger partial charge in [-0.15, -0.1) is 0 Å². The first-order chi connectivity index (χ1) is 12.1. The van der Waals surface area contributed by atoms with E-state index in [2.05, 4.69) is 5.32 Å². The van der Waals surface area contributed by atoms with Crippen LogP contribution in [0, 0.1) is 10.1 Å². The summed E-state index contributed by atoms with van der Waals surface area (Å²) in [5, 5.41) is 15.7. The van der Waals surface area contributed by atoms with E-state index in [4.69, 9.17) is 0 Å². The van der Waals surface area contributed by atoms with Crippen LogP contribution < -0.4 is 5.32 Å². The largest absolute Gasteiger partial charge is 0.348 e. The van der Waals surface area contributed by atoms with E-state index in [0.29, 0.717) is 6.54 Å². The normalized spacial score (nSPS) is 10.9. The lowest BCUT2D eigenvalue weighted by Gasteiger charge is -2.07. The Labute approximate surface area is 144 Å². The van der Waals surface area contributed by atoms with Gasteiger partial charge in [0.2, 0.25) is 5.91 Å². The number of nitro groups is 1. The van der Waals surface area contributed by atoms with Crippen LogP contribution in [0.5, 0.6) is 0 Å². The molecule has 0 bridgehead atoms. The minimum atomic E-state index is -0.454. The van der Waals surface area contributed by atoms with Crippen LogP contribution in [0.25, 0.3) is 16.8 Å². The van der Waals surface area contributed by atoms with Crippen molar-refractivity contribution in [2.45, 2.75) is 6.54 Å². The number of amides is 1. The Morgan fingerprint density at radius 2 is 1.72 bits per heavy atom. The molecule has 0 unspecified atom stereocenters. The fraction of sp³-hybridized carbons (Fsp3) is 0.0500. The van der Waals surface area contributed by atoms with Crippen molar-refractivity contribution in [2.75, 3.05) is 0 Å². The molecular weight excluding hydrogens is 316 g/mol. The molecule has 0 saturated carbocycles. The molecule has 3 aromatic carbocycles. The van der Waals surface area contributed by atoms with E-state index in [-0.39, 0.29) is 11.6 Å². The number of carbonyl (C=O) groups excluding carboxylic acids is 1. The minimum Gasteiger partial charge on any atom is -0.348 e. The Balaban J connectivity index is 1.63. The summed E-state index contributed by atoms with van der Waals surface area (Å²) in [4.78, 5) is 22.2. The van der Waals surface area contributed by atoms with Crippen LogP contribution in [0.15, 0.2) is 72.8 Å². The van der Waals surface area contributed by atoms with Gasteiger partial charge >= 0.3 is 0 Å². The van der Waals surface area contributed by atoms with Crippen LogP contribution >= 0.6 is 0 Å². The molecule has 0 aliphatic carbocycles. The summed E-state index contributed by atoms with van der Waals surface area (Å²) in [6.07, 6.45) is 3.05. The molecule has 0 spiro atoms. The second-order valence-corrected chi connectivity index (χ2v) is 5.54. The highest BCUT2D eigenvalue weighted by Crippen LogP contribution is 2.18. The lowest BCUT2D eigenvalue weighted by atomic mass is 10.0. The Morgan fingerprint density at radius 1 is 1.00 bits per heavy atom. The van der Waals surface area contributed by atoms with Crippen LogP contribution in [0.4, 0.5) is 5.69 Å². The number of nitro benzene ring substituents is 1. The van der Waals surface area contributed by atoms with Crippen LogP contribution in [-0.4, -0.2) is 10.8 Å². The van der Waals surface area contributed by atoms with E-state index in [0.717, 1.165) is 21.9 Å². The summed E-state index contributed by atoms with van der Waals surface area (Å²) < 4.78 is 0. The van der Waals surface area contributed by atoms with Crippen molar-refractivity contribution in [1.82, 2.24) is 5.32 Å². The number of hydrogen-bond acceptors (Lipinski definition) is 3. The minimum absolute atomic E-state index is 0.0255. The van der Waals surface area contributed by atoms with Gasteiger partial charge in [0.15, 0.2) is 0 Å². The summed E-state index contributed by atoms with van der Waals surface area (Å²) in [5.41, 5.74) is 1.80. The van der Waals surface area contributed by atoms with Crippen molar-refractivity contribution in [3.63, 3.8) is 0 Å². The van der Waals surface area contributed by atoms with Gasteiger partial charge < -0.3 is 5.32 Å². The molecule has 0 radical (unpaired) electrons. The number of fused-ring (bicyclic) bond motifs is 1. The lowest BCUT2D eigenvalue weighted by molar-refractivity contribution is -0.384. The lowest BCUT2D eigenvalue weighted by Crippen LogP contribution is -2.20. The van der Waals surface area contributed by atoms with Crippen molar-refractivity contribution in [1.29, 1.82) is 0 Å². The van der Waals surface area contributed by atoms with Gasteiger partial charge in [0.25, 0.3) is 5.69 Å². The third kappa shape index (κ3) is 4.09. The number of carbonyl (C=O) groups is 1. The third-order valence-corrected chi connectivity index (χ3v) is 3.86. The number of nitrogens with zero attached hydrogens (tertiary/aromatic N) is 1. The fourth-order valence-electron chi connectivity index (χ4n) is 2.57. The molecular formula is C20H16N2O3. The van der Waals surface area contributed by atoms with E-state index < -0.39 is 4.92 Å². The molecule has 0 atom stereocenters. The van der Waals surface area contributed by atoms with Crippen molar-refractivity contribution >= 4 is 28.4 Å². The first-order valence-electron chi connectivity index (χ1n) is 7.80. The predicted molar refractivity (Wildman–Crippen MR) is 97.9 cm³/mol. The van der Waals surface area contributed by atoms with Crippen LogP contribution in [0.2, 0.25) is 0 Å². The SMILES string of the molecule is O=C(/C=C/c1ccc([N+](=O)[O-])cc1)NCc1cccc2ccccc12. The van der Waals surface area contributed by atoms with Gasteiger partial charge in [-0.25, -0.2) is 0 Å². The number of hydrogen-bond donors (Lipinski definition) is 1. The molecule has 3 rings (SSSR count). The number of rotatable bonds is 5. The molecule has 0 heterocycles. The van der Waals surface area contributed by atoms with Crippen LogP contribution in [-0.2, 0) is 11.3 Å². The second-order valence-electron chi connectivity index (χ2n) is 5.54. The Hall–Kier alpha value is -3.47. The summed E-state index contributed by atoms with van der Waals surface area (Å²) in [6, 6.07) is 20.0. The first kappa shape index (κ1) is 16.4. The quantitative estimate of drug-likeness (QED) is 0.435. The molecule has 1 N–H and O–H groups in total. The summed E-state index contributed by atoms with van der Waals surface area (Å²) in [5.74, 6) is -0.216. The zero-order valence-electron chi connectivity index (χ0n) is 13.4. The monoisotopic (exact) mass is 332 g/mol. The van der Waals surface area contributed by atoms with Gasteiger partial charge in [-0.05, 0) is 40.1 Å². The maximum absolute atomic E-state index is 12.0. The zero-order chi connectivity index (χ0) is 17.6. The summed E-state index contributed by atoms with van der Waals surface area (Å²) in [6.45, 7) is 0.435. The van der Waals surface area contributed by atoms with Gasteiger partial charge in [0.1, 0.15) is 0 Å². The Bertz CT molecular complexity index is 941. The van der Waals surface area contributed by atoms with Crippen LogP contribution in [0.1, 0.15) is 11.1 Å². The number of nitrogens with one attached hydrogen (secondary N) is 1. The van der Waals surface area contributed by atoms with E-state index in [9.17, 15) is 14.9 Å². The second kappa shape index (κ2) is 7.40.